The SMILES string of the molecule is CCCn1nc(C)c2cc(COc3ccc4c(c3)OCC(CN3CC(C(=O)O)C3)=C4)ccc21. The van der Waals surface area contributed by atoms with E-state index in [0.717, 1.165) is 53.4 Å². The van der Waals surface area contributed by atoms with Gasteiger partial charge >= 0.3 is 5.97 Å². The smallest absolute Gasteiger partial charge is 0.309 e. The Kier molecular flexibility index (Phi) is 5.81. The molecule has 0 aliphatic carbocycles. The van der Waals surface area contributed by atoms with E-state index in [2.05, 4.69) is 45.9 Å². The van der Waals surface area contributed by atoms with Crippen LogP contribution in [0.25, 0.3) is 17.0 Å². The lowest BCUT2D eigenvalue weighted by Gasteiger charge is -2.37. The highest BCUT2D eigenvalue weighted by atomic mass is 16.5. The largest absolute Gasteiger partial charge is 0.489 e. The number of benzene rings is 2. The second-order valence-corrected chi connectivity index (χ2v) is 8.97. The molecule has 7 heteroatoms. The van der Waals surface area contributed by atoms with Crippen LogP contribution < -0.4 is 9.47 Å². The summed E-state index contributed by atoms with van der Waals surface area (Å²) >= 11 is 0. The topological polar surface area (TPSA) is 76.8 Å². The first-order chi connectivity index (χ1) is 16.0. The number of ether oxygens (including phenoxy) is 2. The number of hydrogen-bond donors (Lipinski definition) is 1. The Morgan fingerprint density at radius 3 is 2.88 bits per heavy atom. The van der Waals surface area contributed by atoms with Gasteiger partial charge in [-0.1, -0.05) is 13.0 Å². The summed E-state index contributed by atoms with van der Waals surface area (Å²) in [5, 5.41) is 14.9. The minimum atomic E-state index is -0.709. The number of aromatic nitrogens is 2. The molecule has 1 N–H and O–H groups in total. The van der Waals surface area contributed by atoms with Crippen LogP contribution in [0.3, 0.4) is 0 Å². The molecule has 1 aromatic heterocycles. The van der Waals surface area contributed by atoms with Crippen molar-refractivity contribution < 1.29 is 19.4 Å². The van der Waals surface area contributed by atoms with Crippen LogP contribution >= 0.6 is 0 Å². The van der Waals surface area contributed by atoms with Gasteiger partial charge in [0.15, 0.2) is 0 Å². The van der Waals surface area contributed by atoms with Crippen LogP contribution in [-0.4, -0.2) is 52.0 Å². The molecular formula is C26H29N3O4. The summed E-state index contributed by atoms with van der Waals surface area (Å²) in [5.74, 6) is 0.644. The summed E-state index contributed by atoms with van der Waals surface area (Å²) in [6, 6.07) is 12.3. The van der Waals surface area contributed by atoms with Gasteiger partial charge in [0.1, 0.15) is 24.7 Å². The van der Waals surface area contributed by atoms with Gasteiger partial charge in [-0.2, -0.15) is 5.10 Å². The predicted octanol–water partition coefficient (Wildman–Crippen LogP) is 4.13. The van der Waals surface area contributed by atoms with Crippen molar-refractivity contribution in [3.63, 3.8) is 0 Å². The lowest BCUT2D eigenvalue weighted by atomic mass is 9.98. The highest BCUT2D eigenvalue weighted by Crippen LogP contribution is 2.32. The first-order valence-corrected chi connectivity index (χ1v) is 11.5. The van der Waals surface area contributed by atoms with E-state index in [1.54, 1.807) is 0 Å². The normalized spacial score (nSPS) is 16.1. The van der Waals surface area contributed by atoms with E-state index in [4.69, 9.17) is 14.6 Å². The zero-order chi connectivity index (χ0) is 22.9. The van der Waals surface area contributed by atoms with Crippen molar-refractivity contribution in [2.24, 2.45) is 5.92 Å². The summed E-state index contributed by atoms with van der Waals surface area (Å²) in [7, 11) is 0. The molecule has 0 saturated carbocycles. The van der Waals surface area contributed by atoms with Gasteiger partial charge in [0, 0.05) is 43.2 Å². The highest BCUT2D eigenvalue weighted by molar-refractivity contribution is 5.82. The van der Waals surface area contributed by atoms with Gasteiger partial charge in [-0.3, -0.25) is 14.4 Å². The monoisotopic (exact) mass is 447 g/mol. The van der Waals surface area contributed by atoms with Crippen molar-refractivity contribution in [1.29, 1.82) is 0 Å². The summed E-state index contributed by atoms with van der Waals surface area (Å²) in [4.78, 5) is 13.1. The maximum atomic E-state index is 11.0. The van der Waals surface area contributed by atoms with Crippen molar-refractivity contribution in [3.05, 3.63) is 58.8 Å². The van der Waals surface area contributed by atoms with Gasteiger partial charge < -0.3 is 14.6 Å². The molecule has 3 aromatic rings. The van der Waals surface area contributed by atoms with Crippen molar-refractivity contribution in [1.82, 2.24) is 14.7 Å². The maximum absolute atomic E-state index is 11.0. The standard InChI is InChI=1S/C26H29N3O4/c1-3-8-29-24-7-4-18(10-23(24)17(2)27-29)15-32-22-6-5-20-9-19(16-33-25(20)11-22)12-28-13-21(14-28)26(30)31/h4-7,9-11,21H,3,8,12-16H2,1-2H3,(H,30,31). The Morgan fingerprint density at radius 2 is 2.09 bits per heavy atom. The number of rotatable bonds is 8. The van der Waals surface area contributed by atoms with Gasteiger partial charge in [-0.15, -0.1) is 0 Å². The lowest BCUT2D eigenvalue weighted by Crippen LogP contribution is -2.51. The fraction of sp³-hybridized carbons (Fsp3) is 0.385. The Labute approximate surface area is 193 Å². The predicted molar refractivity (Wildman–Crippen MR) is 127 cm³/mol. The number of carboxylic acid groups (broad SMARTS) is 1. The van der Waals surface area contributed by atoms with Crippen LogP contribution in [0.5, 0.6) is 11.5 Å². The summed E-state index contributed by atoms with van der Waals surface area (Å²) in [5.41, 5.74) is 5.50. The van der Waals surface area contributed by atoms with E-state index in [0.29, 0.717) is 26.3 Å². The molecule has 0 bridgehead atoms. The van der Waals surface area contributed by atoms with Crippen LogP contribution in [0, 0.1) is 12.8 Å². The third-order valence-electron chi connectivity index (χ3n) is 6.33. The number of carboxylic acids is 1. The van der Waals surface area contributed by atoms with E-state index in [1.165, 1.54) is 10.9 Å². The number of fused-ring (bicyclic) bond motifs is 2. The molecule has 1 fully saturated rings. The number of nitrogens with zero attached hydrogens (tertiary/aromatic N) is 3. The quantitative estimate of drug-likeness (QED) is 0.560. The molecule has 1 saturated heterocycles. The van der Waals surface area contributed by atoms with Crippen molar-refractivity contribution in [2.45, 2.75) is 33.4 Å². The summed E-state index contributed by atoms with van der Waals surface area (Å²) < 4.78 is 14.1. The molecule has 2 aromatic carbocycles. The molecule has 7 nitrogen and oxygen atoms in total. The zero-order valence-corrected chi connectivity index (χ0v) is 19.1. The molecule has 0 unspecified atom stereocenters. The molecular weight excluding hydrogens is 418 g/mol. The number of likely N-dealkylation sites (tertiary alicyclic amines) is 1. The van der Waals surface area contributed by atoms with Crippen molar-refractivity contribution in [3.8, 4) is 11.5 Å². The molecule has 2 aliphatic rings. The van der Waals surface area contributed by atoms with Crippen LogP contribution in [0.4, 0.5) is 0 Å². The Balaban J connectivity index is 1.22. The fourth-order valence-corrected chi connectivity index (χ4v) is 4.54. The molecule has 172 valence electrons. The van der Waals surface area contributed by atoms with Crippen LogP contribution in [0.2, 0.25) is 0 Å². The molecule has 0 atom stereocenters. The number of carbonyl (C=O) groups is 1. The zero-order valence-electron chi connectivity index (χ0n) is 19.1. The molecule has 33 heavy (non-hydrogen) atoms. The van der Waals surface area contributed by atoms with Gasteiger partial charge in [0.2, 0.25) is 0 Å². The van der Waals surface area contributed by atoms with Gasteiger partial charge in [-0.05, 0) is 54.8 Å². The second-order valence-electron chi connectivity index (χ2n) is 8.97. The number of hydrogen-bond acceptors (Lipinski definition) is 5. The molecule has 2 aliphatic heterocycles. The van der Waals surface area contributed by atoms with E-state index in [-0.39, 0.29) is 5.92 Å². The first kappa shape index (κ1) is 21.5. The van der Waals surface area contributed by atoms with Gasteiger partial charge in [0.05, 0.1) is 17.1 Å². The number of aliphatic carboxylic acids is 1. The van der Waals surface area contributed by atoms with E-state index in [1.807, 2.05) is 25.1 Å². The molecule has 0 amide bonds. The van der Waals surface area contributed by atoms with Gasteiger partial charge in [-0.25, -0.2) is 0 Å². The Hall–Kier alpha value is -3.32. The first-order valence-electron chi connectivity index (χ1n) is 11.5. The average Bonchev–Trinajstić information content (AvgIpc) is 3.09. The summed E-state index contributed by atoms with van der Waals surface area (Å²) in [6.07, 6.45) is 3.20. The summed E-state index contributed by atoms with van der Waals surface area (Å²) in [6.45, 7) is 8.09. The Bertz CT molecular complexity index is 1220. The minimum Gasteiger partial charge on any atom is -0.489 e. The third-order valence-corrected chi connectivity index (χ3v) is 6.33. The van der Waals surface area contributed by atoms with Crippen LogP contribution in [0.15, 0.2) is 42.0 Å². The lowest BCUT2D eigenvalue weighted by molar-refractivity contribution is -0.147. The van der Waals surface area contributed by atoms with E-state index < -0.39 is 5.97 Å². The van der Waals surface area contributed by atoms with E-state index >= 15 is 0 Å². The second kappa shape index (κ2) is 8.90. The van der Waals surface area contributed by atoms with Gasteiger partial charge in [0.25, 0.3) is 0 Å². The van der Waals surface area contributed by atoms with Crippen molar-refractivity contribution >= 4 is 22.9 Å². The average molecular weight is 448 g/mol. The maximum Gasteiger partial charge on any atom is 0.309 e. The third kappa shape index (κ3) is 4.46. The van der Waals surface area contributed by atoms with E-state index in [9.17, 15) is 4.79 Å². The fourth-order valence-electron chi connectivity index (χ4n) is 4.54. The molecule has 3 heterocycles. The van der Waals surface area contributed by atoms with Crippen molar-refractivity contribution in [2.75, 3.05) is 26.2 Å². The van der Waals surface area contributed by atoms with Crippen LogP contribution in [0.1, 0.15) is 30.2 Å². The molecule has 0 spiro atoms. The molecule has 0 radical (unpaired) electrons. The Morgan fingerprint density at radius 1 is 1.24 bits per heavy atom. The minimum absolute atomic E-state index is 0.237. The molecule has 5 rings (SSSR count). The number of aryl methyl sites for hydroxylation is 2. The van der Waals surface area contributed by atoms with Crippen LogP contribution in [-0.2, 0) is 17.9 Å². The highest BCUT2D eigenvalue weighted by Gasteiger charge is 2.32.